The minimum atomic E-state index is -0.939. The molecule has 1 aliphatic heterocycles. The molecule has 14 heavy (non-hydrogen) atoms. The van der Waals surface area contributed by atoms with Crippen molar-refractivity contribution in [1.29, 1.82) is 0 Å². The minimum Gasteiger partial charge on any atom is -0.480 e. The maximum absolute atomic E-state index is 11.4. The fourth-order valence-electron chi connectivity index (χ4n) is 1.19. The lowest BCUT2D eigenvalue weighted by Crippen LogP contribution is -2.49. The Balaban J connectivity index is 2.61. The van der Waals surface area contributed by atoms with Gasteiger partial charge in [-0.05, 0) is 13.8 Å². The van der Waals surface area contributed by atoms with Gasteiger partial charge < -0.3 is 9.84 Å². The highest BCUT2D eigenvalue weighted by Crippen LogP contribution is 2.31. The molecular formula is C8H13NO4S. The van der Waals surface area contributed by atoms with Crippen LogP contribution in [-0.4, -0.2) is 40.3 Å². The molecule has 0 aliphatic carbocycles. The summed E-state index contributed by atoms with van der Waals surface area (Å²) in [7, 11) is 0. The Morgan fingerprint density at radius 3 is 2.79 bits per heavy atom. The maximum atomic E-state index is 11.4. The summed E-state index contributed by atoms with van der Waals surface area (Å²) in [6, 6.07) is -0.672. The zero-order valence-corrected chi connectivity index (χ0v) is 8.89. The predicted octanol–water partition coefficient (Wildman–Crippen LogP) is 0.0553. The smallest absolute Gasteiger partial charge is 0.336 e. The van der Waals surface area contributed by atoms with Gasteiger partial charge in [0.2, 0.25) is 0 Å². The number of carbonyl (C=O) groups is 2. The van der Waals surface area contributed by atoms with Crippen LogP contribution in [0.4, 0.5) is 0 Å². The van der Waals surface area contributed by atoms with Crippen molar-refractivity contribution in [3.05, 3.63) is 0 Å². The molecule has 0 bridgehead atoms. The van der Waals surface area contributed by atoms with Crippen LogP contribution in [0.1, 0.15) is 13.8 Å². The third kappa shape index (κ3) is 2.19. The number of hydrogen-bond acceptors (Lipinski definition) is 5. The molecule has 1 aliphatic rings. The Kier molecular flexibility index (Phi) is 3.38. The quantitative estimate of drug-likeness (QED) is 0.653. The number of ether oxygens (including phenoxy) is 1. The maximum Gasteiger partial charge on any atom is 0.336 e. The number of nitrogens with one attached hydrogen (secondary N) is 1. The van der Waals surface area contributed by atoms with Crippen LogP contribution >= 0.6 is 11.8 Å². The predicted molar refractivity (Wildman–Crippen MR) is 52.1 cm³/mol. The second-order valence-corrected chi connectivity index (χ2v) is 4.54. The first-order chi connectivity index (χ1) is 6.49. The summed E-state index contributed by atoms with van der Waals surface area (Å²) in [5.74, 6) is -0.968. The molecule has 0 unspecified atom stereocenters. The van der Waals surface area contributed by atoms with Gasteiger partial charge in [-0.25, -0.2) is 4.79 Å². The number of hydrogen-bond donors (Lipinski definition) is 2. The molecule has 6 heteroatoms. The van der Waals surface area contributed by atoms with Crippen molar-refractivity contribution in [2.24, 2.45) is 0 Å². The van der Waals surface area contributed by atoms with Gasteiger partial charge >= 0.3 is 11.9 Å². The van der Waals surface area contributed by atoms with Gasteiger partial charge in [-0.15, -0.1) is 11.8 Å². The fourth-order valence-corrected chi connectivity index (χ4v) is 2.31. The van der Waals surface area contributed by atoms with Gasteiger partial charge in [0.05, 0.1) is 6.61 Å². The largest absolute Gasteiger partial charge is 0.480 e. The average molecular weight is 219 g/mol. The molecule has 0 aromatic rings. The van der Waals surface area contributed by atoms with Crippen LogP contribution in [0.25, 0.3) is 0 Å². The molecular weight excluding hydrogens is 206 g/mol. The zero-order chi connectivity index (χ0) is 10.8. The van der Waals surface area contributed by atoms with Crippen LogP contribution in [0.15, 0.2) is 0 Å². The summed E-state index contributed by atoms with van der Waals surface area (Å²) in [4.78, 5) is 21.2. The third-order valence-electron chi connectivity index (χ3n) is 1.95. The fraction of sp³-hybridized carbons (Fsp3) is 0.750. The lowest BCUT2D eigenvalue weighted by Gasteiger charge is -2.21. The summed E-state index contributed by atoms with van der Waals surface area (Å²) in [5.41, 5.74) is 0. The molecule has 1 saturated heterocycles. The van der Waals surface area contributed by atoms with Crippen LogP contribution in [0.5, 0.6) is 0 Å². The van der Waals surface area contributed by atoms with E-state index in [1.807, 2.05) is 0 Å². The summed E-state index contributed by atoms with van der Waals surface area (Å²) < 4.78 is 4.84. The lowest BCUT2D eigenvalue weighted by atomic mass is 10.2. The standard InChI is InChI=1S/C8H13NO4S/c1-3-13-7(12)8(2)9-5(4-14-8)6(10)11/h5,9H,3-4H2,1-2H3,(H,10,11)/t5-,8+/m1/s1. The van der Waals surface area contributed by atoms with E-state index in [9.17, 15) is 9.59 Å². The molecule has 0 radical (unpaired) electrons. The van der Waals surface area contributed by atoms with Crippen LogP contribution in [0.3, 0.4) is 0 Å². The zero-order valence-electron chi connectivity index (χ0n) is 8.07. The molecule has 1 heterocycles. The van der Waals surface area contributed by atoms with E-state index in [2.05, 4.69) is 5.32 Å². The molecule has 80 valence electrons. The Bertz CT molecular complexity index is 258. The molecule has 2 atom stereocenters. The number of esters is 1. The van der Waals surface area contributed by atoms with Crippen molar-refractivity contribution in [3.8, 4) is 0 Å². The molecule has 5 nitrogen and oxygen atoms in total. The van der Waals surface area contributed by atoms with E-state index in [1.54, 1.807) is 13.8 Å². The second kappa shape index (κ2) is 4.18. The average Bonchev–Trinajstić information content (AvgIpc) is 2.50. The van der Waals surface area contributed by atoms with Gasteiger partial charge in [-0.2, -0.15) is 0 Å². The van der Waals surface area contributed by atoms with Crippen LogP contribution < -0.4 is 5.32 Å². The topological polar surface area (TPSA) is 75.6 Å². The molecule has 2 N–H and O–H groups in total. The Hall–Kier alpha value is -0.750. The van der Waals surface area contributed by atoms with Crippen molar-refractivity contribution in [2.45, 2.75) is 24.8 Å². The molecule has 0 aromatic heterocycles. The first-order valence-corrected chi connectivity index (χ1v) is 5.30. The number of aliphatic carboxylic acids is 1. The van der Waals surface area contributed by atoms with Crippen molar-refractivity contribution in [2.75, 3.05) is 12.4 Å². The second-order valence-electron chi connectivity index (χ2n) is 3.10. The molecule has 0 saturated carbocycles. The molecule has 0 amide bonds. The Morgan fingerprint density at radius 2 is 2.36 bits per heavy atom. The highest BCUT2D eigenvalue weighted by molar-refractivity contribution is 8.01. The van der Waals surface area contributed by atoms with Crippen LogP contribution in [0, 0.1) is 0 Å². The number of thioether (sulfide) groups is 1. The first kappa shape index (κ1) is 11.3. The molecule has 0 spiro atoms. The summed E-state index contributed by atoms with van der Waals surface area (Å²) >= 11 is 1.26. The lowest BCUT2D eigenvalue weighted by molar-refractivity contribution is -0.147. The van der Waals surface area contributed by atoms with E-state index in [-0.39, 0.29) is 0 Å². The number of carbonyl (C=O) groups excluding carboxylic acids is 1. The van der Waals surface area contributed by atoms with Crippen molar-refractivity contribution >= 4 is 23.7 Å². The number of carboxylic acids is 1. The molecule has 1 fully saturated rings. The van der Waals surface area contributed by atoms with Gasteiger partial charge in [0.15, 0.2) is 4.87 Å². The van der Waals surface area contributed by atoms with E-state index in [4.69, 9.17) is 9.84 Å². The van der Waals surface area contributed by atoms with Gasteiger partial charge in [-0.1, -0.05) is 0 Å². The van der Waals surface area contributed by atoms with Crippen molar-refractivity contribution < 1.29 is 19.4 Å². The monoisotopic (exact) mass is 219 g/mol. The van der Waals surface area contributed by atoms with E-state index in [1.165, 1.54) is 11.8 Å². The first-order valence-electron chi connectivity index (χ1n) is 4.31. The van der Waals surface area contributed by atoms with E-state index in [0.29, 0.717) is 12.4 Å². The van der Waals surface area contributed by atoms with E-state index < -0.39 is 22.9 Å². The highest BCUT2D eigenvalue weighted by atomic mass is 32.2. The van der Waals surface area contributed by atoms with Gasteiger partial charge in [-0.3, -0.25) is 10.1 Å². The van der Waals surface area contributed by atoms with Crippen LogP contribution in [0.2, 0.25) is 0 Å². The van der Waals surface area contributed by atoms with Gasteiger partial charge in [0, 0.05) is 5.75 Å². The van der Waals surface area contributed by atoms with E-state index >= 15 is 0 Å². The molecule has 0 aromatic carbocycles. The van der Waals surface area contributed by atoms with E-state index in [0.717, 1.165) is 0 Å². The van der Waals surface area contributed by atoms with Crippen molar-refractivity contribution in [1.82, 2.24) is 5.32 Å². The Morgan fingerprint density at radius 1 is 1.71 bits per heavy atom. The summed E-state index contributed by atoms with van der Waals surface area (Å²) in [5, 5.41) is 11.5. The highest BCUT2D eigenvalue weighted by Gasteiger charge is 2.45. The van der Waals surface area contributed by atoms with Crippen LogP contribution in [-0.2, 0) is 14.3 Å². The Labute approximate surface area is 86.2 Å². The minimum absolute atomic E-state index is 0.300. The summed E-state index contributed by atoms with van der Waals surface area (Å²) in [6.07, 6.45) is 0. The number of rotatable bonds is 3. The normalized spacial score (nSPS) is 31.4. The van der Waals surface area contributed by atoms with Gasteiger partial charge in [0.25, 0.3) is 0 Å². The molecule has 1 rings (SSSR count). The van der Waals surface area contributed by atoms with Gasteiger partial charge in [0.1, 0.15) is 6.04 Å². The third-order valence-corrected chi connectivity index (χ3v) is 3.31. The number of carboxylic acid groups (broad SMARTS) is 1. The SMILES string of the molecule is CCOC(=O)[C@@]1(C)N[C@@H](C(=O)O)CS1. The summed E-state index contributed by atoms with van der Waals surface area (Å²) in [6.45, 7) is 3.66. The van der Waals surface area contributed by atoms with Crippen molar-refractivity contribution in [3.63, 3.8) is 0 Å².